The highest BCUT2D eigenvalue weighted by Gasteiger charge is 2.29. The van der Waals surface area contributed by atoms with Crippen LogP contribution in [0.1, 0.15) is 43.3 Å². The van der Waals surface area contributed by atoms with Gasteiger partial charge in [0.05, 0.1) is 13.2 Å². The van der Waals surface area contributed by atoms with E-state index in [0.29, 0.717) is 12.0 Å². The molecule has 0 radical (unpaired) electrons. The fraction of sp³-hybridized carbons (Fsp3) is 0.857. The van der Waals surface area contributed by atoms with Crippen LogP contribution in [0.5, 0.6) is 0 Å². The maximum absolute atomic E-state index is 5.38. The number of rotatable bonds is 8. The summed E-state index contributed by atoms with van der Waals surface area (Å²) in [5, 5.41) is 7.62. The van der Waals surface area contributed by atoms with Crippen molar-refractivity contribution in [3.63, 3.8) is 0 Å². The first-order valence-electron chi connectivity index (χ1n) is 7.62. The first kappa shape index (κ1) is 14.0. The molecule has 1 aliphatic heterocycles. The Labute approximate surface area is 119 Å². The molecule has 1 saturated heterocycles. The van der Waals surface area contributed by atoms with Gasteiger partial charge >= 0.3 is 0 Å². The molecule has 1 atom stereocenters. The van der Waals surface area contributed by atoms with Crippen LogP contribution in [-0.4, -0.2) is 54.4 Å². The van der Waals surface area contributed by atoms with Crippen molar-refractivity contribution >= 4 is 0 Å². The fourth-order valence-corrected chi connectivity index (χ4v) is 2.71. The van der Waals surface area contributed by atoms with Crippen LogP contribution in [-0.2, 0) is 11.3 Å². The first-order chi connectivity index (χ1) is 9.85. The molecule has 1 unspecified atom stereocenters. The molecule has 1 aromatic heterocycles. The van der Waals surface area contributed by atoms with Gasteiger partial charge in [0.25, 0.3) is 0 Å². The molecular formula is C14H24N4O2. The van der Waals surface area contributed by atoms with Crippen molar-refractivity contribution in [1.82, 2.24) is 20.4 Å². The van der Waals surface area contributed by atoms with Gasteiger partial charge in [0.2, 0.25) is 5.89 Å². The van der Waals surface area contributed by atoms with Crippen LogP contribution in [0.2, 0.25) is 0 Å². The molecule has 1 N–H and O–H groups in total. The molecule has 0 bridgehead atoms. The van der Waals surface area contributed by atoms with Crippen molar-refractivity contribution in [2.24, 2.45) is 0 Å². The zero-order valence-electron chi connectivity index (χ0n) is 12.2. The number of nitrogens with zero attached hydrogens (tertiary/aromatic N) is 3. The Balaban J connectivity index is 1.55. The van der Waals surface area contributed by atoms with Crippen molar-refractivity contribution in [2.75, 3.05) is 33.4 Å². The number of nitrogens with one attached hydrogen (secondary N) is 1. The minimum atomic E-state index is 0.552. The minimum absolute atomic E-state index is 0.552. The molecule has 0 spiro atoms. The van der Waals surface area contributed by atoms with Gasteiger partial charge in [0.1, 0.15) is 0 Å². The summed E-state index contributed by atoms with van der Waals surface area (Å²) in [6, 6.07) is 0.581. The van der Waals surface area contributed by atoms with Gasteiger partial charge in [-0.25, -0.2) is 0 Å². The largest absolute Gasteiger partial charge is 0.383 e. The van der Waals surface area contributed by atoms with Crippen LogP contribution in [0.4, 0.5) is 0 Å². The summed E-state index contributed by atoms with van der Waals surface area (Å²) in [6.07, 6.45) is 4.94. The molecule has 2 heterocycles. The molecule has 1 saturated carbocycles. The molecule has 0 amide bonds. The third-order valence-electron chi connectivity index (χ3n) is 4.04. The highest BCUT2D eigenvalue weighted by Crippen LogP contribution is 2.38. The first-order valence-corrected chi connectivity index (χ1v) is 7.62. The van der Waals surface area contributed by atoms with Gasteiger partial charge in [0, 0.05) is 32.2 Å². The highest BCUT2D eigenvalue weighted by atomic mass is 16.5. The Morgan fingerprint density at radius 2 is 2.30 bits per heavy atom. The summed E-state index contributed by atoms with van der Waals surface area (Å²) in [5.74, 6) is 2.18. The third-order valence-corrected chi connectivity index (χ3v) is 4.04. The second-order valence-electron chi connectivity index (χ2n) is 5.84. The Hall–Kier alpha value is -0.980. The van der Waals surface area contributed by atoms with Crippen molar-refractivity contribution in [3.05, 3.63) is 11.7 Å². The SMILES string of the molecule is COCCN(Cc1nc(C2CC2)no1)CC1CCCN1. The maximum atomic E-state index is 5.38. The van der Waals surface area contributed by atoms with Crippen molar-refractivity contribution in [1.29, 1.82) is 0 Å². The van der Waals surface area contributed by atoms with Crippen molar-refractivity contribution in [2.45, 2.75) is 44.2 Å². The molecule has 1 aliphatic carbocycles. The monoisotopic (exact) mass is 280 g/mol. The van der Waals surface area contributed by atoms with Crippen LogP contribution < -0.4 is 5.32 Å². The summed E-state index contributed by atoms with van der Waals surface area (Å²) in [7, 11) is 1.74. The van der Waals surface area contributed by atoms with Crippen LogP contribution in [0, 0.1) is 0 Å². The average Bonchev–Trinajstić information content (AvgIpc) is 2.98. The number of methoxy groups -OCH3 is 1. The second kappa shape index (κ2) is 6.65. The van der Waals surface area contributed by atoms with E-state index in [2.05, 4.69) is 20.4 Å². The minimum Gasteiger partial charge on any atom is -0.383 e. The zero-order chi connectivity index (χ0) is 13.8. The molecular weight excluding hydrogens is 256 g/mol. The predicted octanol–water partition coefficient (Wildman–Crippen LogP) is 1.15. The number of aromatic nitrogens is 2. The zero-order valence-corrected chi connectivity index (χ0v) is 12.2. The molecule has 6 heteroatoms. The second-order valence-corrected chi connectivity index (χ2v) is 5.84. The lowest BCUT2D eigenvalue weighted by molar-refractivity contribution is 0.129. The van der Waals surface area contributed by atoms with Crippen molar-refractivity contribution < 1.29 is 9.26 Å². The summed E-state index contributed by atoms with van der Waals surface area (Å²) >= 11 is 0. The van der Waals surface area contributed by atoms with E-state index in [0.717, 1.165) is 44.5 Å². The van der Waals surface area contributed by atoms with Gasteiger partial charge in [-0.1, -0.05) is 5.16 Å². The summed E-state index contributed by atoms with van der Waals surface area (Å²) in [5.41, 5.74) is 0. The Bertz CT molecular complexity index is 413. The Kier molecular flexibility index (Phi) is 4.65. The molecule has 0 aromatic carbocycles. The molecule has 20 heavy (non-hydrogen) atoms. The molecule has 1 aromatic rings. The lowest BCUT2D eigenvalue weighted by Crippen LogP contribution is -2.38. The number of hydrogen-bond donors (Lipinski definition) is 1. The van der Waals surface area contributed by atoms with E-state index in [-0.39, 0.29) is 0 Å². The maximum Gasteiger partial charge on any atom is 0.240 e. The molecule has 2 aliphatic rings. The summed E-state index contributed by atoms with van der Waals surface area (Å²) < 4.78 is 10.6. The molecule has 3 rings (SSSR count). The smallest absolute Gasteiger partial charge is 0.240 e. The van der Waals surface area contributed by atoms with E-state index < -0.39 is 0 Å². The normalized spacial score (nSPS) is 22.8. The van der Waals surface area contributed by atoms with E-state index >= 15 is 0 Å². The standard InChI is InChI=1S/C14H24N4O2/c1-19-8-7-18(9-12-3-2-6-15-12)10-13-16-14(17-20-13)11-4-5-11/h11-12,15H,2-10H2,1H3. The van der Waals surface area contributed by atoms with E-state index in [1.165, 1.54) is 25.7 Å². The predicted molar refractivity (Wildman–Crippen MR) is 74.5 cm³/mol. The van der Waals surface area contributed by atoms with Gasteiger partial charge in [0.15, 0.2) is 5.82 Å². The fourth-order valence-electron chi connectivity index (χ4n) is 2.71. The molecule has 112 valence electrons. The topological polar surface area (TPSA) is 63.4 Å². The van der Waals surface area contributed by atoms with E-state index in [4.69, 9.17) is 9.26 Å². The Morgan fingerprint density at radius 1 is 1.40 bits per heavy atom. The van der Waals surface area contributed by atoms with E-state index in [1.807, 2.05) is 0 Å². The third kappa shape index (κ3) is 3.77. The van der Waals surface area contributed by atoms with Gasteiger partial charge in [-0.3, -0.25) is 4.90 Å². The van der Waals surface area contributed by atoms with Gasteiger partial charge in [-0.2, -0.15) is 4.98 Å². The Morgan fingerprint density at radius 3 is 3.00 bits per heavy atom. The summed E-state index contributed by atoms with van der Waals surface area (Å²) in [4.78, 5) is 6.86. The quantitative estimate of drug-likeness (QED) is 0.770. The van der Waals surface area contributed by atoms with Gasteiger partial charge in [-0.15, -0.1) is 0 Å². The van der Waals surface area contributed by atoms with Gasteiger partial charge in [-0.05, 0) is 32.2 Å². The molecule has 6 nitrogen and oxygen atoms in total. The molecule has 2 fully saturated rings. The average molecular weight is 280 g/mol. The van der Waals surface area contributed by atoms with E-state index in [9.17, 15) is 0 Å². The number of hydrogen-bond acceptors (Lipinski definition) is 6. The lowest BCUT2D eigenvalue weighted by Gasteiger charge is -2.23. The number of ether oxygens (including phenoxy) is 1. The highest BCUT2D eigenvalue weighted by molar-refractivity contribution is 5.03. The van der Waals surface area contributed by atoms with E-state index in [1.54, 1.807) is 7.11 Å². The van der Waals surface area contributed by atoms with Crippen LogP contribution in [0.3, 0.4) is 0 Å². The summed E-state index contributed by atoms with van der Waals surface area (Å²) in [6.45, 7) is 4.51. The van der Waals surface area contributed by atoms with Crippen LogP contribution in [0.25, 0.3) is 0 Å². The van der Waals surface area contributed by atoms with Crippen LogP contribution >= 0.6 is 0 Å². The van der Waals surface area contributed by atoms with Crippen LogP contribution in [0.15, 0.2) is 4.52 Å². The van der Waals surface area contributed by atoms with Gasteiger partial charge < -0.3 is 14.6 Å². The lowest BCUT2D eigenvalue weighted by atomic mass is 10.2. The van der Waals surface area contributed by atoms with Crippen molar-refractivity contribution in [3.8, 4) is 0 Å².